The van der Waals surface area contributed by atoms with Crippen molar-refractivity contribution >= 4 is 0 Å². The summed E-state index contributed by atoms with van der Waals surface area (Å²) in [5.74, 6) is 1.39. The average molecular weight is 251 g/mol. The smallest absolute Gasteiger partial charge is 0.295 e. The summed E-state index contributed by atoms with van der Waals surface area (Å²) >= 11 is 0. The molecule has 1 rings (SSSR count). The minimum atomic E-state index is -4.04. The number of hydrogen-bond acceptors (Lipinski definition) is 1. The molecule has 0 aliphatic carbocycles. The van der Waals surface area contributed by atoms with Crippen LogP contribution < -0.4 is 0 Å². The first kappa shape index (κ1) is 14.8. The quantitative estimate of drug-likeness (QED) is 0.711. The van der Waals surface area contributed by atoms with Crippen LogP contribution in [0.3, 0.4) is 0 Å². The van der Waals surface area contributed by atoms with Crippen LogP contribution in [0.2, 0.25) is 0 Å². The molecule has 0 aromatic carbocycles. The van der Waals surface area contributed by atoms with Gasteiger partial charge in [0.2, 0.25) is 0 Å². The summed E-state index contributed by atoms with van der Waals surface area (Å²) in [4.78, 5) is 1.54. The van der Waals surface area contributed by atoms with Gasteiger partial charge in [0.15, 0.2) is 0 Å². The fraction of sp³-hybridized carbons (Fsp3) is 1.00. The predicted molar refractivity (Wildman–Crippen MR) is 63.9 cm³/mol. The Balaban J connectivity index is 2.13. The van der Waals surface area contributed by atoms with Gasteiger partial charge in [-0.25, -0.2) is 0 Å². The van der Waals surface area contributed by atoms with Crippen LogP contribution in [0.15, 0.2) is 0 Å². The zero-order valence-corrected chi connectivity index (χ0v) is 10.9. The van der Waals surface area contributed by atoms with E-state index in [1.807, 2.05) is 0 Å². The summed E-state index contributed by atoms with van der Waals surface area (Å²) < 4.78 is 36.6. The first-order valence-electron chi connectivity index (χ1n) is 6.66. The van der Waals surface area contributed by atoms with Crippen LogP contribution in [-0.2, 0) is 0 Å². The van der Waals surface area contributed by atoms with Gasteiger partial charge >= 0.3 is 6.18 Å². The summed E-state index contributed by atoms with van der Waals surface area (Å²) in [6.07, 6.45) is 1.50. The maximum atomic E-state index is 12.2. The Morgan fingerprint density at radius 1 is 1.18 bits per heavy atom. The van der Waals surface area contributed by atoms with E-state index in [1.54, 1.807) is 4.90 Å². The summed E-state index contributed by atoms with van der Waals surface area (Å²) in [5.41, 5.74) is 0. The van der Waals surface area contributed by atoms with E-state index in [9.17, 15) is 13.2 Å². The molecule has 0 spiro atoms. The third kappa shape index (κ3) is 6.92. The fourth-order valence-corrected chi connectivity index (χ4v) is 2.50. The van der Waals surface area contributed by atoms with Gasteiger partial charge in [-0.05, 0) is 37.8 Å². The molecule has 0 aromatic rings. The van der Waals surface area contributed by atoms with Gasteiger partial charge in [-0.2, -0.15) is 13.2 Å². The second-order valence-electron chi connectivity index (χ2n) is 5.66. The molecule has 0 bridgehead atoms. The van der Waals surface area contributed by atoms with Crippen molar-refractivity contribution in [3.8, 4) is 0 Å². The van der Waals surface area contributed by atoms with Crippen LogP contribution >= 0.6 is 0 Å². The Morgan fingerprint density at radius 3 is 2.24 bits per heavy atom. The highest BCUT2D eigenvalue weighted by Crippen LogP contribution is 2.26. The van der Waals surface area contributed by atoms with Crippen molar-refractivity contribution in [3.63, 3.8) is 0 Å². The lowest BCUT2D eigenvalue weighted by Crippen LogP contribution is -2.40. The number of rotatable bonds is 5. The molecule has 1 aliphatic rings. The molecule has 1 heterocycles. The fourth-order valence-electron chi connectivity index (χ4n) is 2.50. The monoisotopic (exact) mass is 251 g/mol. The van der Waals surface area contributed by atoms with Crippen LogP contribution in [0.25, 0.3) is 0 Å². The minimum absolute atomic E-state index is 0.617. The predicted octanol–water partition coefficient (Wildman–Crippen LogP) is 4.09. The lowest BCUT2D eigenvalue weighted by Gasteiger charge is -2.32. The van der Waals surface area contributed by atoms with Crippen LogP contribution in [-0.4, -0.2) is 30.7 Å². The molecule has 0 radical (unpaired) electrons. The summed E-state index contributed by atoms with van der Waals surface area (Å²) in [7, 11) is 0. The minimum Gasteiger partial charge on any atom is -0.295 e. The standard InChI is InChI=1S/C13H24F3N/c1-11(2)4-3-5-12-6-8-17(9-7-12)10-13(14,15)16/h11-12H,3-10H2,1-2H3. The number of nitrogens with zero attached hydrogens (tertiary/aromatic N) is 1. The zero-order valence-electron chi connectivity index (χ0n) is 10.9. The largest absolute Gasteiger partial charge is 0.401 e. The van der Waals surface area contributed by atoms with Gasteiger partial charge in [-0.1, -0.05) is 33.1 Å². The van der Waals surface area contributed by atoms with Gasteiger partial charge in [-0.15, -0.1) is 0 Å². The normalized spacial score (nSPS) is 20.1. The van der Waals surface area contributed by atoms with Crippen molar-refractivity contribution in [2.45, 2.75) is 52.1 Å². The van der Waals surface area contributed by atoms with E-state index in [0.29, 0.717) is 19.0 Å². The molecule has 1 nitrogen and oxygen atoms in total. The molecule has 0 amide bonds. The van der Waals surface area contributed by atoms with Crippen LogP contribution in [0.1, 0.15) is 46.0 Å². The van der Waals surface area contributed by atoms with E-state index in [0.717, 1.165) is 18.8 Å². The number of piperidine rings is 1. The molecule has 102 valence electrons. The van der Waals surface area contributed by atoms with E-state index in [4.69, 9.17) is 0 Å². The maximum absolute atomic E-state index is 12.2. The first-order chi connectivity index (χ1) is 7.87. The number of halogens is 3. The number of alkyl halides is 3. The third-order valence-electron chi connectivity index (χ3n) is 3.50. The van der Waals surface area contributed by atoms with Crippen molar-refractivity contribution in [1.29, 1.82) is 0 Å². The number of hydrogen-bond donors (Lipinski definition) is 0. The third-order valence-corrected chi connectivity index (χ3v) is 3.50. The average Bonchev–Trinajstić information content (AvgIpc) is 2.18. The van der Waals surface area contributed by atoms with Crippen LogP contribution in [0.4, 0.5) is 13.2 Å². The van der Waals surface area contributed by atoms with Crippen molar-refractivity contribution in [2.75, 3.05) is 19.6 Å². The molecule has 0 atom stereocenters. The van der Waals surface area contributed by atoms with Crippen molar-refractivity contribution in [2.24, 2.45) is 11.8 Å². The van der Waals surface area contributed by atoms with E-state index in [-0.39, 0.29) is 0 Å². The SMILES string of the molecule is CC(C)CCCC1CCN(CC(F)(F)F)CC1. The molecular weight excluding hydrogens is 227 g/mol. The van der Waals surface area contributed by atoms with E-state index >= 15 is 0 Å². The maximum Gasteiger partial charge on any atom is 0.401 e. The highest BCUT2D eigenvalue weighted by atomic mass is 19.4. The van der Waals surface area contributed by atoms with Gasteiger partial charge in [0.1, 0.15) is 0 Å². The molecular formula is C13H24F3N. The molecule has 0 unspecified atom stereocenters. The molecule has 4 heteroatoms. The Bertz CT molecular complexity index is 205. The topological polar surface area (TPSA) is 3.24 Å². The lowest BCUT2D eigenvalue weighted by atomic mass is 9.90. The Morgan fingerprint density at radius 2 is 1.76 bits per heavy atom. The zero-order chi connectivity index (χ0) is 12.9. The van der Waals surface area contributed by atoms with Gasteiger partial charge < -0.3 is 0 Å². The second kappa shape index (κ2) is 6.62. The first-order valence-corrected chi connectivity index (χ1v) is 6.66. The Hall–Kier alpha value is -0.250. The van der Waals surface area contributed by atoms with Crippen molar-refractivity contribution in [3.05, 3.63) is 0 Å². The van der Waals surface area contributed by atoms with Gasteiger partial charge in [0, 0.05) is 0 Å². The van der Waals surface area contributed by atoms with E-state index in [2.05, 4.69) is 13.8 Å². The second-order valence-corrected chi connectivity index (χ2v) is 5.66. The lowest BCUT2D eigenvalue weighted by molar-refractivity contribution is -0.148. The molecule has 0 aromatic heterocycles. The molecule has 1 aliphatic heterocycles. The number of likely N-dealkylation sites (tertiary alicyclic amines) is 1. The molecule has 0 saturated carbocycles. The highest BCUT2D eigenvalue weighted by molar-refractivity contribution is 4.74. The van der Waals surface area contributed by atoms with Crippen molar-refractivity contribution in [1.82, 2.24) is 4.90 Å². The van der Waals surface area contributed by atoms with Gasteiger partial charge in [0.25, 0.3) is 0 Å². The summed E-state index contributed by atoms with van der Waals surface area (Å²) in [5, 5.41) is 0. The Labute approximate surface area is 102 Å². The van der Waals surface area contributed by atoms with Crippen molar-refractivity contribution < 1.29 is 13.2 Å². The van der Waals surface area contributed by atoms with Gasteiger partial charge in [0.05, 0.1) is 6.54 Å². The Kier molecular flexibility index (Phi) is 5.77. The van der Waals surface area contributed by atoms with E-state index in [1.165, 1.54) is 19.3 Å². The molecule has 17 heavy (non-hydrogen) atoms. The summed E-state index contributed by atoms with van der Waals surface area (Å²) in [6, 6.07) is 0. The summed E-state index contributed by atoms with van der Waals surface area (Å²) in [6.45, 7) is 4.93. The molecule has 1 fully saturated rings. The van der Waals surface area contributed by atoms with Crippen LogP contribution in [0.5, 0.6) is 0 Å². The highest BCUT2D eigenvalue weighted by Gasteiger charge is 2.32. The van der Waals surface area contributed by atoms with Crippen LogP contribution in [0, 0.1) is 11.8 Å². The molecule has 0 N–H and O–H groups in total. The van der Waals surface area contributed by atoms with Gasteiger partial charge in [-0.3, -0.25) is 4.90 Å². The van der Waals surface area contributed by atoms with E-state index < -0.39 is 12.7 Å². The molecule has 1 saturated heterocycles.